The highest BCUT2D eigenvalue weighted by atomic mass is 79.9. The maximum atomic E-state index is 13.3. The lowest BCUT2D eigenvalue weighted by Gasteiger charge is -2.05. The fourth-order valence-electron chi connectivity index (χ4n) is 1.09. The van der Waals surface area contributed by atoms with Crippen LogP contribution in [0.15, 0.2) is 22.7 Å². The molecule has 6 heteroatoms. The molecule has 0 atom stereocenters. The normalized spacial score (nSPS) is 9.82. The van der Waals surface area contributed by atoms with Crippen molar-refractivity contribution in [3.63, 3.8) is 0 Å². The van der Waals surface area contributed by atoms with Gasteiger partial charge < -0.3 is 10.1 Å². The van der Waals surface area contributed by atoms with E-state index in [4.69, 9.17) is 4.74 Å². The highest BCUT2D eigenvalue weighted by Gasteiger charge is 2.13. The van der Waals surface area contributed by atoms with E-state index in [-0.39, 0.29) is 24.5 Å². The van der Waals surface area contributed by atoms with E-state index in [1.54, 1.807) is 0 Å². The summed E-state index contributed by atoms with van der Waals surface area (Å²) in [5.41, 5.74) is -0.156. The molecular weight excluding hydrogens is 293 g/mol. The molecule has 0 unspecified atom stereocenters. The summed E-state index contributed by atoms with van der Waals surface area (Å²) in [7, 11) is 1.48. The van der Waals surface area contributed by atoms with Gasteiger partial charge in [0.05, 0.1) is 12.0 Å². The van der Waals surface area contributed by atoms with Crippen molar-refractivity contribution in [1.82, 2.24) is 5.32 Å². The van der Waals surface area contributed by atoms with Gasteiger partial charge in [0, 0.05) is 11.5 Å². The van der Waals surface area contributed by atoms with Crippen LogP contribution < -0.4 is 5.32 Å². The van der Waals surface area contributed by atoms with Crippen LogP contribution in [0.5, 0.6) is 0 Å². The molecule has 1 rings (SSSR count). The van der Waals surface area contributed by atoms with Gasteiger partial charge in [0.1, 0.15) is 12.4 Å². The summed E-state index contributed by atoms with van der Waals surface area (Å²) in [5, 5.41) is 2.39. The van der Waals surface area contributed by atoms with Crippen LogP contribution in [0.3, 0.4) is 0 Å². The fourth-order valence-corrected chi connectivity index (χ4v) is 1.45. The Morgan fingerprint density at radius 3 is 2.82 bits per heavy atom. The first-order valence-electron chi connectivity index (χ1n) is 4.87. The molecule has 0 aliphatic rings. The number of amides is 1. The third-order valence-electron chi connectivity index (χ3n) is 1.99. The Hall–Kier alpha value is -1.43. The molecule has 92 valence electrons. The predicted octanol–water partition coefficient (Wildman–Crippen LogP) is 1.88. The predicted molar refractivity (Wildman–Crippen MR) is 63.1 cm³/mol. The number of hydrogen-bond donors (Lipinski definition) is 1. The van der Waals surface area contributed by atoms with Crippen LogP contribution in [0.25, 0.3) is 0 Å². The average molecular weight is 304 g/mol. The van der Waals surface area contributed by atoms with Crippen molar-refractivity contribution in [3.8, 4) is 0 Å². The number of carbonyl (C=O) groups is 2. The molecule has 0 heterocycles. The van der Waals surface area contributed by atoms with Gasteiger partial charge in [-0.3, -0.25) is 4.79 Å². The molecule has 0 radical (unpaired) electrons. The lowest BCUT2D eigenvalue weighted by Crippen LogP contribution is -2.20. The summed E-state index contributed by atoms with van der Waals surface area (Å²) >= 11 is 3.13. The van der Waals surface area contributed by atoms with Gasteiger partial charge in [0.25, 0.3) is 0 Å². The van der Waals surface area contributed by atoms with E-state index in [1.807, 2.05) is 0 Å². The molecule has 0 bridgehead atoms. The van der Waals surface area contributed by atoms with E-state index < -0.39 is 11.8 Å². The number of esters is 1. The van der Waals surface area contributed by atoms with Crippen molar-refractivity contribution in [3.05, 3.63) is 34.1 Å². The number of benzene rings is 1. The van der Waals surface area contributed by atoms with Crippen LogP contribution in [-0.4, -0.2) is 25.5 Å². The molecule has 0 saturated heterocycles. The number of nitrogens with one attached hydrogen (secondary N) is 1. The van der Waals surface area contributed by atoms with Crippen molar-refractivity contribution < 1.29 is 18.7 Å². The minimum atomic E-state index is -0.785. The zero-order valence-corrected chi connectivity index (χ0v) is 10.7. The highest BCUT2D eigenvalue weighted by molar-refractivity contribution is 9.10. The largest absolute Gasteiger partial charge is 0.461 e. The van der Waals surface area contributed by atoms with Crippen molar-refractivity contribution in [2.45, 2.75) is 6.42 Å². The first kappa shape index (κ1) is 13.6. The second-order valence-corrected chi connectivity index (χ2v) is 4.10. The molecule has 17 heavy (non-hydrogen) atoms. The summed E-state index contributed by atoms with van der Waals surface area (Å²) < 4.78 is 18.6. The Morgan fingerprint density at radius 2 is 2.18 bits per heavy atom. The third-order valence-corrected chi connectivity index (χ3v) is 2.48. The van der Waals surface area contributed by atoms with E-state index in [0.717, 1.165) is 0 Å². The van der Waals surface area contributed by atoms with Crippen molar-refractivity contribution in [1.29, 1.82) is 0 Å². The Labute approximate surface area is 106 Å². The van der Waals surface area contributed by atoms with Gasteiger partial charge in [-0.25, -0.2) is 9.18 Å². The van der Waals surface area contributed by atoms with Crippen LogP contribution >= 0.6 is 15.9 Å². The monoisotopic (exact) mass is 303 g/mol. The molecule has 1 N–H and O–H groups in total. The van der Waals surface area contributed by atoms with Crippen LogP contribution in [0.1, 0.15) is 16.8 Å². The number of carbonyl (C=O) groups excluding carboxylic acids is 2. The molecule has 4 nitrogen and oxygen atoms in total. The first-order chi connectivity index (χ1) is 8.04. The first-order valence-corrected chi connectivity index (χ1v) is 5.66. The van der Waals surface area contributed by atoms with Gasteiger partial charge in [-0.15, -0.1) is 0 Å². The molecule has 1 aromatic carbocycles. The average Bonchev–Trinajstić information content (AvgIpc) is 2.31. The number of ether oxygens (including phenoxy) is 1. The highest BCUT2D eigenvalue weighted by Crippen LogP contribution is 2.16. The Kier molecular flexibility index (Phi) is 5.09. The maximum Gasteiger partial charge on any atom is 0.341 e. The van der Waals surface area contributed by atoms with Crippen LogP contribution in [0.4, 0.5) is 4.39 Å². The zero-order chi connectivity index (χ0) is 12.8. The van der Waals surface area contributed by atoms with E-state index in [2.05, 4.69) is 21.2 Å². The van der Waals surface area contributed by atoms with Gasteiger partial charge in [-0.2, -0.15) is 0 Å². The fraction of sp³-hybridized carbons (Fsp3) is 0.273. The summed E-state index contributed by atoms with van der Waals surface area (Å²) in [6.07, 6.45) is 0.0534. The molecule has 0 aliphatic heterocycles. The minimum Gasteiger partial charge on any atom is -0.461 e. The number of rotatable bonds is 4. The van der Waals surface area contributed by atoms with E-state index >= 15 is 0 Å². The zero-order valence-electron chi connectivity index (χ0n) is 9.13. The molecule has 1 amide bonds. The molecular formula is C11H11BrFNO3. The maximum absolute atomic E-state index is 13.3. The SMILES string of the molecule is CNC(=O)CCOC(=O)c1cc(Br)ccc1F. The van der Waals surface area contributed by atoms with Crippen LogP contribution in [0.2, 0.25) is 0 Å². The lowest BCUT2D eigenvalue weighted by molar-refractivity contribution is -0.121. The number of hydrogen-bond acceptors (Lipinski definition) is 3. The van der Waals surface area contributed by atoms with E-state index in [0.29, 0.717) is 4.47 Å². The topological polar surface area (TPSA) is 55.4 Å². The van der Waals surface area contributed by atoms with Crippen molar-refractivity contribution in [2.24, 2.45) is 0 Å². The second kappa shape index (κ2) is 6.34. The van der Waals surface area contributed by atoms with Gasteiger partial charge >= 0.3 is 5.97 Å². The molecule has 0 aromatic heterocycles. The minimum absolute atomic E-state index is 0.0534. The van der Waals surface area contributed by atoms with E-state index in [9.17, 15) is 14.0 Å². The van der Waals surface area contributed by atoms with E-state index in [1.165, 1.54) is 25.2 Å². The summed E-state index contributed by atoms with van der Waals surface area (Å²) in [5.74, 6) is -1.68. The standard InChI is InChI=1S/C11H11BrFNO3/c1-14-10(15)4-5-17-11(16)8-6-7(12)2-3-9(8)13/h2-3,6H,4-5H2,1H3,(H,14,15). The molecule has 0 fully saturated rings. The summed E-state index contributed by atoms with van der Waals surface area (Å²) in [4.78, 5) is 22.3. The second-order valence-electron chi connectivity index (χ2n) is 3.18. The van der Waals surface area contributed by atoms with Crippen molar-refractivity contribution in [2.75, 3.05) is 13.7 Å². The lowest BCUT2D eigenvalue weighted by atomic mass is 10.2. The molecule has 0 aliphatic carbocycles. The Morgan fingerprint density at radius 1 is 1.47 bits per heavy atom. The molecule has 0 saturated carbocycles. The quantitative estimate of drug-likeness (QED) is 0.864. The number of halogens is 2. The summed E-state index contributed by atoms with van der Waals surface area (Å²) in [6.45, 7) is -0.0789. The van der Waals surface area contributed by atoms with Crippen LogP contribution in [-0.2, 0) is 9.53 Å². The van der Waals surface area contributed by atoms with Crippen LogP contribution in [0, 0.1) is 5.82 Å². The van der Waals surface area contributed by atoms with Gasteiger partial charge in [0.2, 0.25) is 5.91 Å². The van der Waals surface area contributed by atoms with Gasteiger partial charge in [0.15, 0.2) is 0 Å². The Bertz CT molecular complexity index is 437. The molecule has 0 spiro atoms. The van der Waals surface area contributed by atoms with Crippen molar-refractivity contribution >= 4 is 27.8 Å². The Balaban J connectivity index is 2.58. The third kappa shape index (κ3) is 4.14. The summed E-state index contributed by atoms with van der Waals surface area (Å²) in [6, 6.07) is 3.98. The molecule has 1 aromatic rings. The van der Waals surface area contributed by atoms with Gasteiger partial charge in [-0.05, 0) is 18.2 Å². The smallest absolute Gasteiger partial charge is 0.341 e. The van der Waals surface area contributed by atoms with Gasteiger partial charge in [-0.1, -0.05) is 15.9 Å².